The van der Waals surface area contributed by atoms with Crippen molar-refractivity contribution in [3.05, 3.63) is 59.7 Å². The van der Waals surface area contributed by atoms with Gasteiger partial charge in [0.1, 0.15) is 0 Å². The first-order chi connectivity index (χ1) is 16.5. The molecule has 3 aromatic rings. The first-order valence-electron chi connectivity index (χ1n) is 13.1. The van der Waals surface area contributed by atoms with Crippen LogP contribution in [0.1, 0.15) is 57.1 Å². The molecule has 1 aliphatic carbocycles. The number of imidazole rings is 1. The Balaban J connectivity index is 1.30. The van der Waals surface area contributed by atoms with E-state index in [4.69, 9.17) is 4.98 Å². The van der Waals surface area contributed by atoms with Crippen LogP contribution < -0.4 is 10.2 Å². The van der Waals surface area contributed by atoms with E-state index in [2.05, 4.69) is 84.1 Å². The molecule has 0 spiro atoms. The van der Waals surface area contributed by atoms with Gasteiger partial charge in [0.15, 0.2) is 0 Å². The maximum atomic E-state index is 13.1. The number of aryl methyl sites for hydroxylation is 1. The summed E-state index contributed by atoms with van der Waals surface area (Å²) in [7, 11) is 0. The van der Waals surface area contributed by atoms with Crippen LogP contribution in [0.2, 0.25) is 0 Å². The molecule has 0 bridgehead atoms. The van der Waals surface area contributed by atoms with Crippen LogP contribution in [0.25, 0.3) is 11.0 Å². The number of nitrogens with zero attached hydrogens (tertiary/aromatic N) is 3. The van der Waals surface area contributed by atoms with Gasteiger partial charge in [0, 0.05) is 25.0 Å². The second-order valence-corrected chi connectivity index (χ2v) is 10.6. The predicted octanol–water partition coefficient (Wildman–Crippen LogP) is 5.55. The Kier molecular flexibility index (Phi) is 6.62. The van der Waals surface area contributed by atoms with Crippen LogP contribution in [0.4, 0.5) is 5.95 Å². The van der Waals surface area contributed by atoms with Gasteiger partial charge in [0.05, 0.1) is 17.6 Å². The van der Waals surface area contributed by atoms with Crippen molar-refractivity contribution in [2.45, 2.75) is 65.5 Å². The summed E-state index contributed by atoms with van der Waals surface area (Å²) in [6.07, 6.45) is 5.41. The van der Waals surface area contributed by atoms with E-state index in [9.17, 15) is 4.79 Å². The van der Waals surface area contributed by atoms with Gasteiger partial charge < -0.3 is 14.8 Å². The molecule has 1 amide bonds. The van der Waals surface area contributed by atoms with Gasteiger partial charge in [-0.15, -0.1) is 0 Å². The second kappa shape index (κ2) is 9.81. The zero-order chi connectivity index (χ0) is 23.7. The third-order valence-electron chi connectivity index (χ3n) is 8.41. The molecule has 3 atom stereocenters. The monoisotopic (exact) mass is 458 g/mol. The van der Waals surface area contributed by atoms with E-state index >= 15 is 0 Å². The summed E-state index contributed by atoms with van der Waals surface area (Å²) in [6.45, 7) is 9.34. The highest BCUT2D eigenvalue weighted by atomic mass is 16.2. The van der Waals surface area contributed by atoms with Crippen molar-refractivity contribution in [3.8, 4) is 0 Å². The molecule has 1 N–H and O–H groups in total. The number of anilines is 1. The summed E-state index contributed by atoms with van der Waals surface area (Å²) >= 11 is 0. The first-order valence-corrected chi connectivity index (χ1v) is 13.1. The number of amides is 1. The molecule has 1 saturated heterocycles. The summed E-state index contributed by atoms with van der Waals surface area (Å²) in [5.41, 5.74) is 4.82. The van der Waals surface area contributed by atoms with Crippen molar-refractivity contribution < 1.29 is 4.79 Å². The number of nitrogens with one attached hydrogen (secondary N) is 1. The van der Waals surface area contributed by atoms with Crippen molar-refractivity contribution in [1.29, 1.82) is 0 Å². The number of para-hydroxylation sites is 2. The topological polar surface area (TPSA) is 50.2 Å². The summed E-state index contributed by atoms with van der Waals surface area (Å²) in [5.74, 6) is 2.66. The second-order valence-electron chi connectivity index (χ2n) is 10.6. The highest BCUT2D eigenvalue weighted by molar-refractivity contribution is 5.80. The molecule has 0 unspecified atom stereocenters. The van der Waals surface area contributed by atoms with Crippen molar-refractivity contribution in [3.63, 3.8) is 0 Å². The molecule has 180 valence electrons. The smallest absolute Gasteiger partial charge is 0.223 e. The fraction of sp³-hybridized carbons (Fsp3) is 0.517. The number of carbonyl (C=O) groups excluding carboxylic acids is 1. The fourth-order valence-electron chi connectivity index (χ4n) is 5.85. The number of piperidine rings is 1. The number of hydrogen-bond donors (Lipinski definition) is 1. The van der Waals surface area contributed by atoms with Crippen LogP contribution in [-0.4, -0.2) is 34.6 Å². The molecule has 1 saturated carbocycles. The number of benzene rings is 2. The lowest BCUT2D eigenvalue weighted by molar-refractivity contribution is -0.127. The van der Waals surface area contributed by atoms with E-state index in [-0.39, 0.29) is 11.8 Å². The van der Waals surface area contributed by atoms with Crippen LogP contribution in [-0.2, 0) is 11.3 Å². The molecular formula is C29H38N4O. The van der Waals surface area contributed by atoms with E-state index < -0.39 is 0 Å². The largest absolute Gasteiger partial charge is 0.353 e. The zero-order valence-electron chi connectivity index (χ0n) is 20.8. The molecule has 0 radical (unpaired) electrons. The fourth-order valence-corrected chi connectivity index (χ4v) is 5.85. The zero-order valence-corrected chi connectivity index (χ0v) is 20.8. The molecule has 2 fully saturated rings. The Morgan fingerprint density at radius 2 is 1.74 bits per heavy atom. The highest BCUT2D eigenvalue weighted by Gasteiger charge is 2.32. The van der Waals surface area contributed by atoms with E-state index in [1.165, 1.54) is 29.5 Å². The van der Waals surface area contributed by atoms with Gasteiger partial charge in [-0.3, -0.25) is 4.79 Å². The number of hydrogen-bond acceptors (Lipinski definition) is 3. The summed E-state index contributed by atoms with van der Waals surface area (Å²) in [5, 5.41) is 3.42. The van der Waals surface area contributed by atoms with Gasteiger partial charge in [-0.05, 0) is 61.3 Å². The van der Waals surface area contributed by atoms with Crippen LogP contribution >= 0.6 is 0 Å². The van der Waals surface area contributed by atoms with Crippen molar-refractivity contribution >= 4 is 22.9 Å². The Labute approximate surface area is 203 Å². The van der Waals surface area contributed by atoms with Gasteiger partial charge >= 0.3 is 0 Å². The van der Waals surface area contributed by atoms with Gasteiger partial charge in [-0.1, -0.05) is 63.1 Å². The summed E-state index contributed by atoms with van der Waals surface area (Å²) in [6, 6.07) is 17.3. The quantitative estimate of drug-likeness (QED) is 0.545. The number of rotatable bonds is 5. The lowest BCUT2D eigenvalue weighted by Crippen LogP contribution is -2.48. The lowest BCUT2D eigenvalue weighted by Gasteiger charge is -2.37. The molecule has 1 aliphatic heterocycles. The maximum absolute atomic E-state index is 13.1. The van der Waals surface area contributed by atoms with E-state index in [0.29, 0.717) is 17.9 Å². The normalized spacial score (nSPS) is 23.9. The third kappa shape index (κ3) is 4.57. The van der Waals surface area contributed by atoms with Gasteiger partial charge in [0.2, 0.25) is 11.9 Å². The minimum atomic E-state index is 0.106. The SMILES string of the molecule is Cc1ccccc1Cn1c(N2CCC(C(=O)N[C@@H]3CCC[C@H](C)[C@H]3C)CC2)nc2ccccc21. The Morgan fingerprint density at radius 1 is 1.00 bits per heavy atom. The third-order valence-corrected chi connectivity index (χ3v) is 8.41. The van der Waals surface area contributed by atoms with Gasteiger partial charge in [-0.25, -0.2) is 4.98 Å². The molecule has 5 heteroatoms. The Bertz CT molecular complexity index is 1140. The summed E-state index contributed by atoms with van der Waals surface area (Å²) < 4.78 is 2.35. The molecule has 2 aliphatic rings. The first kappa shape index (κ1) is 22.9. The Hall–Kier alpha value is -2.82. The van der Waals surface area contributed by atoms with Crippen LogP contribution in [0.5, 0.6) is 0 Å². The minimum absolute atomic E-state index is 0.106. The molecule has 5 rings (SSSR count). The summed E-state index contributed by atoms with van der Waals surface area (Å²) in [4.78, 5) is 20.5. The lowest BCUT2D eigenvalue weighted by atomic mass is 9.78. The van der Waals surface area contributed by atoms with E-state index in [1.807, 2.05) is 0 Å². The average molecular weight is 459 g/mol. The van der Waals surface area contributed by atoms with Gasteiger partial charge in [0.25, 0.3) is 0 Å². The van der Waals surface area contributed by atoms with E-state index in [1.54, 1.807) is 0 Å². The molecule has 5 nitrogen and oxygen atoms in total. The average Bonchev–Trinajstić information content (AvgIpc) is 3.22. The van der Waals surface area contributed by atoms with E-state index in [0.717, 1.165) is 50.4 Å². The minimum Gasteiger partial charge on any atom is -0.353 e. The predicted molar refractivity (Wildman–Crippen MR) is 139 cm³/mol. The molecule has 2 aromatic carbocycles. The number of aromatic nitrogens is 2. The van der Waals surface area contributed by atoms with Crippen LogP contribution in [0.15, 0.2) is 48.5 Å². The molecular weight excluding hydrogens is 420 g/mol. The molecule has 34 heavy (non-hydrogen) atoms. The standard InChI is InChI=1S/C29H38N4O/c1-20-10-8-13-25(22(20)3)30-28(34)23-15-17-32(18-16-23)29-31-26-12-6-7-14-27(26)33(29)19-24-11-5-4-9-21(24)2/h4-7,9,11-12,14,20,22-23,25H,8,10,13,15-19H2,1-3H3,(H,30,34)/t20-,22+,25+/m0/s1. The highest BCUT2D eigenvalue weighted by Crippen LogP contribution is 2.31. The van der Waals surface area contributed by atoms with Crippen LogP contribution in [0, 0.1) is 24.7 Å². The Morgan fingerprint density at radius 3 is 2.53 bits per heavy atom. The van der Waals surface area contributed by atoms with Crippen molar-refractivity contribution in [2.24, 2.45) is 17.8 Å². The maximum Gasteiger partial charge on any atom is 0.223 e. The number of carbonyl (C=O) groups is 1. The molecule has 1 aromatic heterocycles. The van der Waals surface area contributed by atoms with Gasteiger partial charge in [-0.2, -0.15) is 0 Å². The van der Waals surface area contributed by atoms with Crippen molar-refractivity contribution in [1.82, 2.24) is 14.9 Å². The molecule has 2 heterocycles. The number of fused-ring (bicyclic) bond motifs is 1. The van der Waals surface area contributed by atoms with Crippen molar-refractivity contribution in [2.75, 3.05) is 18.0 Å². The van der Waals surface area contributed by atoms with Crippen LogP contribution in [0.3, 0.4) is 0 Å².